The monoisotopic (exact) mass is 394 g/mol. The third kappa shape index (κ3) is 3.71. The summed E-state index contributed by atoms with van der Waals surface area (Å²) in [6, 6.07) is 11.6. The van der Waals surface area contributed by atoms with Crippen LogP contribution in [0.3, 0.4) is 0 Å². The summed E-state index contributed by atoms with van der Waals surface area (Å²) < 4.78 is 53.8. The van der Waals surface area contributed by atoms with Crippen LogP contribution in [0.25, 0.3) is 0 Å². The van der Waals surface area contributed by atoms with E-state index in [9.17, 15) is 16.8 Å². The first-order chi connectivity index (χ1) is 12.2. The summed E-state index contributed by atoms with van der Waals surface area (Å²) in [4.78, 5) is 0.166. The van der Waals surface area contributed by atoms with Gasteiger partial charge in [0.15, 0.2) is 0 Å². The van der Waals surface area contributed by atoms with Crippen LogP contribution >= 0.6 is 0 Å². The van der Waals surface area contributed by atoms with E-state index in [1.54, 1.807) is 49.4 Å². The predicted molar refractivity (Wildman–Crippen MR) is 104 cm³/mol. The Labute approximate surface area is 155 Å². The average Bonchev–Trinajstić information content (AvgIpc) is 2.61. The van der Waals surface area contributed by atoms with Gasteiger partial charge in [-0.1, -0.05) is 23.8 Å². The second kappa shape index (κ2) is 6.92. The van der Waals surface area contributed by atoms with Gasteiger partial charge in [0, 0.05) is 6.54 Å². The fourth-order valence-electron chi connectivity index (χ4n) is 2.98. The first-order valence-electron chi connectivity index (χ1n) is 8.46. The minimum atomic E-state index is -3.73. The van der Waals surface area contributed by atoms with Gasteiger partial charge in [0.25, 0.3) is 10.0 Å². The van der Waals surface area contributed by atoms with Crippen molar-refractivity contribution < 1.29 is 16.8 Å². The standard InChI is InChI=1S/C18H22N2O4S2/c1-3-25(21,22)20-12-4-5-15-8-9-16(13-18(15)20)19-26(23,24)17-10-6-14(2)7-11-17/h6-11,13,19H,3-5,12H2,1-2H3. The molecule has 0 radical (unpaired) electrons. The Hall–Kier alpha value is -2.06. The highest BCUT2D eigenvalue weighted by Crippen LogP contribution is 2.32. The van der Waals surface area contributed by atoms with Crippen molar-refractivity contribution in [2.24, 2.45) is 0 Å². The molecule has 0 fully saturated rings. The summed E-state index contributed by atoms with van der Waals surface area (Å²) in [5, 5.41) is 0. The Morgan fingerprint density at radius 2 is 1.73 bits per heavy atom. The van der Waals surface area contributed by atoms with Crippen molar-refractivity contribution in [2.75, 3.05) is 21.3 Å². The van der Waals surface area contributed by atoms with E-state index in [0.29, 0.717) is 17.9 Å². The number of anilines is 2. The summed E-state index contributed by atoms with van der Waals surface area (Å²) in [6.07, 6.45) is 1.52. The Kier molecular flexibility index (Phi) is 4.98. The van der Waals surface area contributed by atoms with Crippen molar-refractivity contribution in [1.29, 1.82) is 0 Å². The van der Waals surface area contributed by atoms with E-state index >= 15 is 0 Å². The number of nitrogens with one attached hydrogen (secondary N) is 1. The minimum absolute atomic E-state index is 0.00572. The summed E-state index contributed by atoms with van der Waals surface area (Å²) in [6.45, 7) is 3.90. The number of hydrogen-bond donors (Lipinski definition) is 1. The minimum Gasteiger partial charge on any atom is -0.280 e. The molecule has 0 aliphatic carbocycles. The molecular formula is C18H22N2O4S2. The van der Waals surface area contributed by atoms with Gasteiger partial charge in [-0.3, -0.25) is 9.03 Å². The summed E-state index contributed by atoms with van der Waals surface area (Å²) in [5.41, 5.74) is 2.79. The molecule has 0 saturated carbocycles. The molecule has 6 nitrogen and oxygen atoms in total. The molecule has 0 unspecified atom stereocenters. The van der Waals surface area contributed by atoms with E-state index in [-0.39, 0.29) is 10.6 Å². The lowest BCUT2D eigenvalue weighted by atomic mass is 10.0. The van der Waals surface area contributed by atoms with E-state index in [4.69, 9.17) is 0 Å². The van der Waals surface area contributed by atoms with Crippen LogP contribution in [0.1, 0.15) is 24.5 Å². The first kappa shape index (κ1) is 18.7. The fourth-order valence-corrected chi connectivity index (χ4v) is 5.22. The molecule has 1 aliphatic rings. The van der Waals surface area contributed by atoms with E-state index in [1.807, 2.05) is 6.92 Å². The van der Waals surface area contributed by atoms with Crippen LogP contribution in [0.15, 0.2) is 47.4 Å². The molecule has 1 N–H and O–H groups in total. The van der Waals surface area contributed by atoms with Crippen LogP contribution < -0.4 is 9.03 Å². The van der Waals surface area contributed by atoms with Crippen LogP contribution in [0.5, 0.6) is 0 Å². The molecule has 2 aromatic carbocycles. The average molecular weight is 395 g/mol. The molecule has 8 heteroatoms. The highest BCUT2D eigenvalue weighted by Gasteiger charge is 2.26. The number of benzene rings is 2. The maximum Gasteiger partial charge on any atom is 0.261 e. The van der Waals surface area contributed by atoms with Crippen molar-refractivity contribution in [3.05, 3.63) is 53.6 Å². The topological polar surface area (TPSA) is 83.6 Å². The van der Waals surface area contributed by atoms with Crippen LogP contribution in [0.2, 0.25) is 0 Å². The lowest BCUT2D eigenvalue weighted by Crippen LogP contribution is -2.36. The van der Waals surface area contributed by atoms with Crippen molar-refractivity contribution in [1.82, 2.24) is 0 Å². The van der Waals surface area contributed by atoms with E-state index < -0.39 is 20.0 Å². The second-order valence-corrected chi connectivity index (χ2v) is 10.2. The van der Waals surface area contributed by atoms with Gasteiger partial charge in [-0.15, -0.1) is 0 Å². The van der Waals surface area contributed by atoms with Gasteiger partial charge in [-0.05, 0) is 56.5 Å². The van der Waals surface area contributed by atoms with Gasteiger partial charge in [0.05, 0.1) is 22.0 Å². The van der Waals surface area contributed by atoms with Crippen LogP contribution in [0, 0.1) is 6.92 Å². The Bertz CT molecular complexity index is 1010. The van der Waals surface area contributed by atoms with Gasteiger partial charge in [-0.2, -0.15) is 0 Å². The molecule has 0 spiro atoms. The maximum atomic E-state index is 12.6. The lowest BCUT2D eigenvalue weighted by Gasteiger charge is -2.30. The lowest BCUT2D eigenvalue weighted by molar-refractivity contribution is 0.587. The molecule has 0 saturated heterocycles. The normalized spacial score (nSPS) is 14.8. The highest BCUT2D eigenvalue weighted by atomic mass is 32.2. The molecule has 0 amide bonds. The number of sulfonamides is 2. The summed E-state index contributed by atoms with van der Waals surface area (Å²) in [5.74, 6) is 0.00572. The van der Waals surface area contributed by atoms with E-state index in [1.165, 1.54) is 4.31 Å². The van der Waals surface area contributed by atoms with Crippen molar-refractivity contribution in [2.45, 2.75) is 31.6 Å². The zero-order valence-electron chi connectivity index (χ0n) is 14.8. The molecule has 2 aromatic rings. The van der Waals surface area contributed by atoms with Crippen LogP contribution in [0.4, 0.5) is 11.4 Å². The molecule has 26 heavy (non-hydrogen) atoms. The molecule has 0 aromatic heterocycles. The van der Waals surface area contributed by atoms with Gasteiger partial charge in [0.2, 0.25) is 10.0 Å². The van der Waals surface area contributed by atoms with Gasteiger partial charge in [-0.25, -0.2) is 16.8 Å². The number of fused-ring (bicyclic) bond motifs is 1. The number of rotatable bonds is 5. The molecular weight excluding hydrogens is 372 g/mol. The molecule has 0 bridgehead atoms. The van der Waals surface area contributed by atoms with Gasteiger partial charge >= 0.3 is 0 Å². The third-order valence-corrected chi connectivity index (χ3v) is 7.62. The Morgan fingerprint density at radius 3 is 2.38 bits per heavy atom. The van der Waals surface area contributed by atoms with Gasteiger partial charge < -0.3 is 0 Å². The zero-order chi connectivity index (χ0) is 18.9. The Morgan fingerprint density at radius 1 is 1.04 bits per heavy atom. The van der Waals surface area contributed by atoms with Crippen molar-refractivity contribution in [3.63, 3.8) is 0 Å². The third-order valence-electron chi connectivity index (χ3n) is 4.45. The number of aryl methyl sites for hydroxylation is 2. The van der Waals surface area contributed by atoms with Gasteiger partial charge in [0.1, 0.15) is 0 Å². The van der Waals surface area contributed by atoms with E-state index in [2.05, 4.69) is 4.72 Å². The number of hydrogen-bond acceptors (Lipinski definition) is 4. The quantitative estimate of drug-likeness (QED) is 0.845. The maximum absolute atomic E-state index is 12.6. The molecule has 0 atom stereocenters. The van der Waals surface area contributed by atoms with E-state index in [0.717, 1.165) is 24.0 Å². The number of nitrogens with zero attached hydrogens (tertiary/aromatic N) is 1. The SMILES string of the molecule is CCS(=O)(=O)N1CCCc2ccc(NS(=O)(=O)c3ccc(C)cc3)cc21. The zero-order valence-corrected chi connectivity index (χ0v) is 16.4. The largest absolute Gasteiger partial charge is 0.280 e. The fraction of sp³-hybridized carbons (Fsp3) is 0.333. The first-order valence-corrected chi connectivity index (χ1v) is 11.5. The second-order valence-electron chi connectivity index (χ2n) is 6.34. The van der Waals surface area contributed by atoms with Crippen molar-refractivity contribution >= 4 is 31.4 Å². The predicted octanol–water partition coefficient (Wildman–Crippen LogP) is 2.90. The summed E-state index contributed by atoms with van der Waals surface area (Å²) in [7, 11) is -7.13. The molecule has 3 rings (SSSR count). The molecule has 1 heterocycles. The smallest absolute Gasteiger partial charge is 0.261 e. The van der Waals surface area contributed by atoms with Crippen LogP contribution in [-0.4, -0.2) is 29.1 Å². The molecule has 1 aliphatic heterocycles. The highest BCUT2D eigenvalue weighted by molar-refractivity contribution is 7.93. The summed E-state index contributed by atoms with van der Waals surface area (Å²) >= 11 is 0. The molecule has 140 valence electrons. The Balaban J connectivity index is 1.96. The van der Waals surface area contributed by atoms with Crippen LogP contribution in [-0.2, 0) is 26.5 Å². The van der Waals surface area contributed by atoms with Crippen molar-refractivity contribution in [3.8, 4) is 0 Å².